The van der Waals surface area contributed by atoms with Crippen LogP contribution in [0.5, 0.6) is 0 Å². The third-order valence-corrected chi connectivity index (χ3v) is 5.63. The van der Waals surface area contributed by atoms with E-state index >= 15 is 0 Å². The van der Waals surface area contributed by atoms with E-state index < -0.39 is 11.7 Å². The van der Waals surface area contributed by atoms with E-state index in [1.807, 2.05) is 44.4 Å². The van der Waals surface area contributed by atoms with E-state index in [0.29, 0.717) is 35.0 Å². The standard InChI is InChI=1S/C26H31N5O4S/c1-26(2,3)35-25(34)29-16-7-4-6-15-28-22(32)18-10-12-19(13-11-18)23(33)31-24-30-21(17-36-24)20-9-5-8-14-27-20/h5,8-14,17H,4,6-7,15-16H2,1-3H3,(H,28,32)(H,29,34)(H,30,31,33). The van der Waals surface area contributed by atoms with Gasteiger partial charge in [0.15, 0.2) is 5.13 Å². The average molecular weight is 510 g/mol. The zero-order chi connectivity index (χ0) is 26.0. The summed E-state index contributed by atoms with van der Waals surface area (Å²) in [6.45, 7) is 6.51. The van der Waals surface area contributed by atoms with Gasteiger partial charge >= 0.3 is 6.09 Å². The largest absolute Gasteiger partial charge is 0.444 e. The van der Waals surface area contributed by atoms with Gasteiger partial charge in [0.1, 0.15) is 11.3 Å². The molecule has 190 valence electrons. The first-order chi connectivity index (χ1) is 17.2. The summed E-state index contributed by atoms with van der Waals surface area (Å²) in [6.07, 6.45) is 3.71. The van der Waals surface area contributed by atoms with Crippen LogP contribution in [-0.4, -0.2) is 46.6 Å². The molecule has 0 atom stereocenters. The Morgan fingerprint density at radius 2 is 1.53 bits per heavy atom. The van der Waals surface area contributed by atoms with E-state index in [4.69, 9.17) is 4.74 Å². The molecule has 3 amide bonds. The molecule has 36 heavy (non-hydrogen) atoms. The van der Waals surface area contributed by atoms with Crippen molar-refractivity contribution in [2.24, 2.45) is 0 Å². The van der Waals surface area contributed by atoms with Crippen LogP contribution in [0.15, 0.2) is 54.0 Å². The highest BCUT2D eigenvalue weighted by molar-refractivity contribution is 7.14. The molecule has 0 radical (unpaired) electrons. The zero-order valence-electron chi connectivity index (χ0n) is 20.7. The fourth-order valence-corrected chi connectivity index (χ4v) is 3.84. The maximum atomic E-state index is 12.6. The lowest BCUT2D eigenvalue weighted by Crippen LogP contribution is -2.33. The maximum Gasteiger partial charge on any atom is 0.407 e. The molecule has 0 saturated heterocycles. The van der Waals surface area contributed by atoms with E-state index in [1.165, 1.54) is 11.3 Å². The smallest absolute Gasteiger partial charge is 0.407 e. The highest BCUT2D eigenvalue weighted by atomic mass is 32.1. The number of carbonyl (C=O) groups is 3. The second-order valence-electron chi connectivity index (χ2n) is 9.03. The van der Waals surface area contributed by atoms with Crippen molar-refractivity contribution in [2.45, 2.75) is 45.6 Å². The Kier molecular flexibility index (Phi) is 9.52. The molecular formula is C26H31N5O4S. The number of rotatable bonds is 10. The van der Waals surface area contributed by atoms with Crippen LogP contribution in [0.2, 0.25) is 0 Å². The van der Waals surface area contributed by atoms with Gasteiger partial charge in [-0.25, -0.2) is 9.78 Å². The number of hydrogen-bond donors (Lipinski definition) is 3. The van der Waals surface area contributed by atoms with Crippen molar-refractivity contribution >= 4 is 34.4 Å². The molecule has 1 aromatic carbocycles. The lowest BCUT2D eigenvalue weighted by atomic mass is 10.1. The molecule has 10 heteroatoms. The molecule has 3 rings (SSSR count). The van der Waals surface area contributed by atoms with Crippen LogP contribution in [0.4, 0.5) is 9.93 Å². The Balaban J connectivity index is 1.36. The Morgan fingerprint density at radius 3 is 2.17 bits per heavy atom. The van der Waals surface area contributed by atoms with Crippen LogP contribution in [0.1, 0.15) is 60.7 Å². The van der Waals surface area contributed by atoms with Gasteiger partial charge in [-0.15, -0.1) is 11.3 Å². The number of benzene rings is 1. The summed E-state index contributed by atoms with van der Waals surface area (Å²) in [4.78, 5) is 45.2. The molecule has 3 N–H and O–H groups in total. The maximum absolute atomic E-state index is 12.6. The molecule has 0 unspecified atom stereocenters. The van der Waals surface area contributed by atoms with Crippen molar-refractivity contribution in [1.82, 2.24) is 20.6 Å². The van der Waals surface area contributed by atoms with Gasteiger partial charge in [0, 0.05) is 35.8 Å². The lowest BCUT2D eigenvalue weighted by molar-refractivity contribution is 0.0526. The van der Waals surface area contributed by atoms with Gasteiger partial charge in [0.05, 0.1) is 5.69 Å². The molecule has 3 aromatic rings. The Morgan fingerprint density at radius 1 is 0.861 bits per heavy atom. The van der Waals surface area contributed by atoms with Gasteiger partial charge in [-0.3, -0.25) is 19.9 Å². The van der Waals surface area contributed by atoms with E-state index in [1.54, 1.807) is 30.5 Å². The van der Waals surface area contributed by atoms with Crippen LogP contribution in [0, 0.1) is 0 Å². The van der Waals surface area contributed by atoms with Crippen molar-refractivity contribution in [1.29, 1.82) is 0 Å². The van der Waals surface area contributed by atoms with E-state index in [2.05, 4.69) is 25.9 Å². The van der Waals surface area contributed by atoms with Gasteiger partial charge in [-0.2, -0.15) is 0 Å². The van der Waals surface area contributed by atoms with Gasteiger partial charge in [0.25, 0.3) is 11.8 Å². The predicted octanol–water partition coefficient (Wildman–Crippen LogP) is 4.88. The fraction of sp³-hybridized carbons (Fsp3) is 0.346. The molecule has 0 saturated carbocycles. The first-order valence-electron chi connectivity index (χ1n) is 11.7. The normalized spacial score (nSPS) is 11.0. The fourth-order valence-electron chi connectivity index (χ4n) is 3.14. The quantitative estimate of drug-likeness (QED) is 0.335. The number of carbonyl (C=O) groups excluding carboxylic acids is 3. The number of alkyl carbamates (subject to hydrolysis) is 1. The predicted molar refractivity (Wildman–Crippen MR) is 140 cm³/mol. The van der Waals surface area contributed by atoms with Crippen LogP contribution >= 0.6 is 11.3 Å². The van der Waals surface area contributed by atoms with Gasteiger partial charge in [-0.05, 0) is 76.4 Å². The monoisotopic (exact) mass is 509 g/mol. The van der Waals surface area contributed by atoms with Gasteiger partial charge in [-0.1, -0.05) is 6.07 Å². The van der Waals surface area contributed by atoms with Crippen LogP contribution < -0.4 is 16.0 Å². The highest BCUT2D eigenvalue weighted by Gasteiger charge is 2.15. The van der Waals surface area contributed by atoms with E-state index in [-0.39, 0.29) is 11.8 Å². The van der Waals surface area contributed by atoms with Gasteiger partial charge < -0.3 is 15.4 Å². The number of nitrogens with zero attached hydrogens (tertiary/aromatic N) is 2. The molecule has 0 bridgehead atoms. The summed E-state index contributed by atoms with van der Waals surface area (Å²) >= 11 is 1.32. The molecule has 2 aromatic heterocycles. The SMILES string of the molecule is CC(C)(C)OC(=O)NCCCCCNC(=O)c1ccc(C(=O)Nc2nc(-c3ccccn3)cs2)cc1. The Labute approximate surface area is 214 Å². The highest BCUT2D eigenvalue weighted by Crippen LogP contribution is 2.23. The minimum atomic E-state index is -0.512. The summed E-state index contributed by atoms with van der Waals surface area (Å²) < 4.78 is 5.18. The second kappa shape index (κ2) is 12.8. The molecule has 0 aliphatic heterocycles. The number of hydrogen-bond acceptors (Lipinski definition) is 7. The van der Waals surface area contributed by atoms with Crippen LogP contribution in [-0.2, 0) is 4.74 Å². The number of nitrogens with one attached hydrogen (secondary N) is 3. The first-order valence-corrected chi connectivity index (χ1v) is 12.6. The topological polar surface area (TPSA) is 122 Å². The molecule has 0 aliphatic rings. The number of pyridine rings is 1. The van der Waals surface area contributed by atoms with Crippen LogP contribution in [0.3, 0.4) is 0 Å². The Bertz CT molecular complexity index is 1160. The summed E-state index contributed by atoms with van der Waals surface area (Å²) in [7, 11) is 0. The zero-order valence-corrected chi connectivity index (χ0v) is 21.5. The van der Waals surface area contributed by atoms with Crippen molar-refractivity contribution in [3.8, 4) is 11.4 Å². The summed E-state index contributed by atoms with van der Waals surface area (Å²) in [5, 5.41) is 10.7. The van der Waals surface area contributed by atoms with Crippen molar-refractivity contribution in [3.05, 3.63) is 65.2 Å². The van der Waals surface area contributed by atoms with Crippen molar-refractivity contribution in [2.75, 3.05) is 18.4 Å². The summed E-state index contributed by atoms with van der Waals surface area (Å²) in [5.41, 5.74) is 1.83. The number of anilines is 1. The minimum absolute atomic E-state index is 0.200. The van der Waals surface area contributed by atoms with Crippen molar-refractivity contribution < 1.29 is 19.1 Å². The molecule has 2 heterocycles. The van der Waals surface area contributed by atoms with Crippen molar-refractivity contribution in [3.63, 3.8) is 0 Å². The first kappa shape index (κ1) is 26.8. The third-order valence-electron chi connectivity index (χ3n) is 4.87. The second-order valence-corrected chi connectivity index (χ2v) is 9.89. The number of aromatic nitrogens is 2. The third kappa shape index (κ3) is 8.77. The lowest BCUT2D eigenvalue weighted by Gasteiger charge is -2.19. The number of amides is 3. The summed E-state index contributed by atoms with van der Waals surface area (Å²) in [6, 6.07) is 12.0. The van der Waals surface area contributed by atoms with Crippen LogP contribution in [0.25, 0.3) is 11.4 Å². The molecule has 9 nitrogen and oxygen atoms in total. The molecule has 0 spiro atoms. The van der Waals surface area contributed by atoms with Gasteiger partial charge in [0.2, 0.25) is 0 Å². The number of ether oxygens (including phenoxy) is 1. The number of thiazole rings is 1. The molecule has 0 aliphatic carbocycles. The average Bonchev–Trinajstić information content (AvgIpc) is 3.31. The molecule has 0 fully saturated rings. The minimum Gasteiger partial charge on any atom is -0.444 e. The van der Waals surface area contributed by atoms with E-state index in [9.17, 15) is 14.4 Å². The Hall–Kier alpha value is -3.79. The number of unbranched alkanes of at least 4 members (excludes halogenated alkanes) is 2. The summed E-state index contributed by atoms with van der Waals surface area (Å²) in [5.74, 6) is -0.502. The molecular weight excluding hydrogens is 478 g/mol. The van der Waals surface area contributed by atoms with E-state index in [0.717, 1.165) is 25.0 Å².